The Kier molecular flexibility index (Phi) is 4.21. The van der Waals surface area contributed by atoms with Crippen LogP contribution >= 0.6 is 0 Å². The smallest absolute Gasteiger partial charge is 0.256 e. The fourth-order valence-corrected chi connectivity index (χ4v) is 3.67. The number of aromatic nitrogens is 2. The number of amides is 1. The SMILES string of the molecule is C=C/C1=N\c2c(cnn2C)C(=O)NC[C@@]2(C)Cc3cc(F)cc(c3O2)[C@@H](C)N1. The number of benzene rings is 1. The first-order valence-electron chi connectivity index (χ1n) is 9.09. The Morgan fingerprint density at radius 2 is 2.25 bits per heavy atom. The Balaban J connectivity index is 1.86. The summed E-state index contributed by atoms with van der Waals surface area (Å²) in [6, 6.07) is 2.67. The zero-order chi connectivity index (χ0) is 20.1. The number of ether oxygens (including phenoxy) is 1. The number of aliphatic imine (C=N–C) groups is 1. The van der Waals surface area contributed by atoms with Gasteiger partial charge in [0.1, 0.15) is 28.6 Å². The largest absolute Gasteiger partial charge is 0.485 e. The topological polar surface area (TPSA) is 80.5 Å². The number of carbonyl (C=O) groups is 1. The van der Waals surface area contributed by atoms with E-state index in [4.69, 9.17) is 4.74 Å². The quantitative estimate of drug-likeness (QED) is 0.793. The average Bonchev–Trinajstić information content (AvgIpc) is 3.17. The predicted molar refractivity (Wildman–Crippen MR) is 104 cm³/mol. The number of carbonyl (C=O) groups excluding carboxylic acids is 1. The zero-order valence-electron chi connectivity index (χ0n) is 16.0. The molecule has 7 nitrogen and oxygen atoms in total. The molecule has 8 heteroatoms. The van der Waals surface area contributed by atoms with E-state index in [0.29, 0.717) is 35.0 Å². The van der Waals surface area contributed by atoms with Crippen molar-refractivity contribution in [3.05, 3.63) is 53.5 Å². The van der Waals surface area contributed by atoms with Crippen molar-refractivity contribution < 1.29 is 13.9 Å². The molecule has 2 N–H and O–H groups in total. The number of nitrogens with one attached hydrogen (secondary N) is 2. The van der Waals surface area contributed by atoms with Crippen LogP contribution in [0.25, 0.3) is 0 Å². The van der Waals surface area contributed by atoms with Gasteiger partial charge in [0.2, 0.25) is 0 Å². The highest BCUT2D eigenvalue weighted by Crippen LogP contribution is 2.41. The van der Waals surface area contributed by atoms with Crippen LogP contribution in [0.5, 0.6) is 5.75 Å². The van der Waals surface area contributed by atoms with E-state index in [1.54, 1.807) is 13.1 Å². The van der Waals surface area contributed by atoms with Gasteiger partial charge in [-0.05, 0) is 32.1 Å². The summed E-state index contributed by atoms with van der Waals surface area (Å²) in [5.41, 5.74) is 1.18. The van der Waals surface area contributed by atoms with E-state index < -0.39 is 5.60 Å². The Labute approximate surface area is 162 Å². The van der Waals surface area contributed by atoms with Crippen LogP contribution < -0.4 is 15.4 Å². The van der Waals surface area contributed by atoms with Crippen LogP contribution in [0.1, 0.15) is 41.4 Å². The number of amidine groups is 1. The normalized spacial score (nSPS) is 25.6. The van der Waals surface area contributed by atoms with E-state index in [0.717, 1.165) is 5.56 Å². The van der Waals surface area contributed by atoms with Crippen molar-refractivity contribution in [3.63, 3.8) is 0 Å². The van der Waals surface area contributed by atoms with Crippen molar-refractivity contribution >= 4 is 17.6 Å². The van der Waals surface area contributed by atoms with Crippen molar-refractivity contribution in [2.45, 2.75) is 31.9 Å². The molecule has 0 radical (unpaired) electrons. The minimum Gasteiger partial charge on any atom is -0.485 e. The average molecular weight is 383 g/mol. The van der Waals surface area contributed by atoms with Gasteiger partial charge in [-0.15, -0.1) is 0 Å². The molecule has 28 heavy (non-hydrogen) atoms. The molecule has 2 aliphatic rings. The first kappa shape index (κ1) is 18.2. The van der Waals surface area contributed by atoms with Gasteiger partial charge in [0.05, 0.1) is 18.8 Å². The number of hydrogen-bond acceptors (Lipinski definition) is 5. The lowest BCUT2D eigenvalue weighted by Crippen LogP contribution is -2.44. The van der Waals surface area contributed by atoms with Crippen molar-refractivity contribution in [1.82, 2.24) is 20.4 Å². The van der Waals surface area contributed by atoms with E-state index in [9.17, 15) is 9.18 Å². The van der Waals surface area contributed by atoms with Crippen molar-refractivity contribution in [1.29, 1.82) is 0 Å². The molecule has 2 aliphatic heterocycles. The lowest BCUT2D eigenvalue weighted by molar-refractivity contribution is 0.0838. The first-order chi connectivity index (χ1) is 13.3. The lowest BCUT2D eigenvalue weighted by atomic mass is 9.96. The predicted octanol–water partition coefficient (Wildman–Crippen LogP) is 2.56. The maximum atomic E-state index is 14.3. The molecule has 0 spiro atoms. The van der Waals surface area contributed by atoms with Gasteiger partial charge in [-0.3, -0.25) is 9.48 Å². The number of rotatable bonds is 1. The second-order valence-electron chi connectivity index (χ2n) is 7.47. The maximum absolute atomic E-state index is 14.3. The molecule has 0 aliphatic carbocycles. The van der Waals surface area contributed by atoms with Crippen LogP contribution in [-0.2, 0) is 13.5 Å². The minimum atomic E-state index is -0.668. The highest BCUT2D eigenvalue weighted by molar-refractivity contribution is 6.01. The Morgan fingerprint density at radius 3 is 3.00 bits per heavy atom. The molecule has 146 valence electrons. The molecule has 2 aromatic rings. The van der Waals surface area contributed by atoms with Crippen LogP contribution in [-0.4, -0.2) is 33.7 Å². The molecule has 3 heterocycles. The van der Waals surface area contributed by atoms with Gasteiger partial charge in [-0.2, -0.15) is 5.10 Å². The summed E-state index contributed by atoms with van der Waals surface area (Å²) >= 11 is 0. The molecule has 0 unspecified atom stereocenters. The van der Waals surface area contributed by atoms with Gasteiger partial charge < -0.3 is 15.4 Å². The molecule has 0 saturated carbocycles. The number of hydrogen-bond donors (Lipinski definition) is 2. The highest BCUT2D eigenvalue weighted by atomic mass is 19.1. The van der Waals surface area contributed by atoms with Gasteiger partial charge in [-0.25, -0.2) is 9.38 Å². The molecule has 0 fully saturated rings. The highest BCUT2D eigenvalue weighted by Gasteiger charge is 2.38. The number of halogens is 1. The fourth-order valence-electron chi connectivity index (χ4n) is 3.67. The summed E-state index contributed by atoms with van der Waals surface area (Å²) in [6.07, 6.45) is 3.54. The van der Waals surface area contributed by atoms with E-state index >= 15 is 0 Å². The third-order valence-electron chi connectivity index (χ3n) is 5.10. The minimum absolute atomic E-state index is 0.274. The summed E-state index contributed by atoms with van der Waals surface area (Å²) < 4.78 is 22.0. The number of aryl methyl sites for hydroxylation is 1. The van der Waals surface area contributed by atoms with Crippen molar-refractivity contribution in [2.24, 2.45) is 12.0 Å². The van der Waals surface area contributed by atoms with Crippen molar-refractivity contribution in [3.8, 4) is 5.75 Å². The Bertz CT molecular complexity index is 1010. The van der Waals surface area contributed by atoms with Crippen LogP contribution in [0.4, 0.5) is 10.2 Å². The molecule has 2 atom stereocenters. The summed E-state index contributed by atoms with van der Waals surface area (Å²) in [7, 11) is 1.71. The van der Waals surface area contributed by atoms with Gasteiger partial charge >= 0.3 is 0 Å². The van der Waals surface area contributed by atoms with E-state index in [-0.39, 0.29) is 24.3 Å². The van der Waals surface area contributed by atoms with Crippen LogP contribution in [0.3, 0.4) is 0 Å². The van der Waals surface area contributed by atoms with Crippen LogP contribution in [0.15, 0.2) is 36.0 Å². The first-order valence-corrected chi connectivity index (χ1v) is 9.09. The zero-order valence-corrected chi connectivity index (χ0v) is 16.0. The summed E-state index contributed by atoms with van der Waals surface area (Å²) in [5, 5.41) is 10.3. The number of nitrogens with zero attached hydrogens (tertiary/aromatic N) is 3. The monoisotopic (exact) mass is 383 g/mol. The molecule has 4 rings (SSSR count). The third-order valence-corrected chi connectivity index (χ3v) is 5.10. The molecule has 1 aromatic carbocycles. The second kappa shape index (κ2) is 6.47. The van der Waals surface area contributed by atoms with Gasteiger partial charge in [0.15, 0.2) is 5.82 Å². The summed E-state index contributed by atoms with van der Waals surface area (Å²) in [6.45, 7) is 7.88. The van der Waals surface area contributed by atoms with Gasteiger partial charge in [0.25, 0.3) is 5.91 Å². The summed E-state index contributed by atoms with van der Waals surface area (Å²) in [5.74, 6) is 0.890. The molecular formula is C20H22FN5O2. The summed E-state index contributed by atoms with van der Waals surface area (Å²) in [4.78, 5) is 17.3. The van der Waals surface area contributed by atoms with E-state index in [1.807, 2.05) is 13.8 Å². The maximum Gasteiger partial charge on any atom is 0.256 e. The van der Waals surface area contributed by atoms with Crippen LogP contribution in [0.2, 0.25) is 0 Å². The molecule has 1 amide bonds. The fraction of sp³-hybridized carbons (Fsp3) is 0.350. The molecule has 1 aromatic heterocycles. The van der Waals surface area contributed by atoms with E-state index in [1.165, 1.54) is 23.0 Å². The second-order valence-corrected chi connectivity index (χ2v) is 7.47. The van der Waals surface area contributed by atoms with E-state index in [2.05, 4.69) is 27.3 Å². The van der Waals surface area contributed by atoms with Crippen molar-refractivity contribution in [2.75, 3.05) is 6.54 Å². The Morgan fingerprint density at radius 1 is 1.46 bits per heavy atom. The lowest BCUT2D eigenvalue weighted by Gasteiger charge is -2.25. The molecule has 2 bridgehead atoms. The standard InChI is InChI=1S/C20H22FN5O2/c1-5-16-24-11(2)14-7-13(21)6-12-8-20(3,28-17(12)14)10-22-19(27)15-9-23-26(4)18(15)25-16/h5-7,9,11H,1,8,10H2,2-4H3,(H,22,27)(H,24,25)/t11-,20-/m1/s1. The Hall–Kier alpha value is -3.16. The molecule has 0 saturated heterocycles. The number of fused-ring (bicyclic) bond motifs is 2. The van der Waals surface area contributed by atoms with Gasteiger partial charge in [-0.1, -0.05) is 6.58 Å². The third kappa shape index (κ3) is 3.04. The van der Waals surface area contributed by atoms with Gasteiger partial charge in [0, 0.05) is 24.6 Å². The molecular weight excluding hydrogens is 361 g/mol. The van der Waals surface area contributed by atoms with Crippen LogP contribution in [0, 0.1) is 5.82 Å².